The fourth-order valence-electron chi connectivity index (χ4n) is 8.65. The van der Waals surface area contributed by atoms with Crippen LogP contribution >= 0.6 is 0 Å². The van der Waals surface area contributed by atoms with Gasteiger partial charge in [-0.1, -0.05) is 31.7 Å². The van der Waals surface area contributed by atoms with Gasteiger partial charge in [0.25, 0.3) is 5.91 Å². The molecule has 3 aliphatic heterocycles. The zero-order valence-electron chi connectivity index (χ0n) is 27.3. The summed E-state index contributed by atoms with van der Waals surface area (Å²) < 4.78 is 36.0. The van der Waals surface area contributed by atoms with Gasteiger partial charge in [-0.25, -0.2) is 13.1 Å². The first-order valence-electron chi connectivity index (χ1n) is 17.7. The molecule has 1 aromatic heterocycles. The molecule has 3 aromatic rings. The first-order chi connectivity index (χ1) is 22.8. The monoisotopic (exact) mass is 658 g/mol. The molecule has 6 fully saturated rings. The largest absolute Gasteiger partial charge is 0.497 e. The minimum Gasteiger partial charge on any atom is -0.497 e. The van der Waals surface area contributed by atoms with Crippen LogP contribution in [0.4, 0.5) is 0 Å². The van der Waals surface area contributed by atoms with Crippen molar-refractivity contribution >= 4 is 32.7 Å². The standard InChI is InChI=1S/C37H46N4O5S/c1-46-29-15-10-25(11-16-29)34-33(24-6-3-2-4-7-24)31-17-12-26(35(42)39-47(44,45)30-8-5-9-30)20-32(31)41(34)23-37(18-19-37)36(43)40-22-27-13-14-28(40)21-38-27/h10-12,15-17,20,24,27-28,30,38H,2-9,13-14,18-19,21-23H2,1H3,(H,39,42). The number of carbonyl (C=O) groups excluding carboxylic acids is 2. The van der Waals surface area contributed by atoms with Crippen LogP contribution in [0, 0.1) is 5.41 Å². The summed E-state index contributed by atoms with van der Waals surface area (Å²) in [6, 6.07) is 14.5. The van der Waals surface area contributed by atoms with Crippen LogP contribution in [0.2, 0.25) is 0 Å². The smallest absolute Gasteiger partial charge is 0.264 e. The zero-order valence-corrected chi connectivity index (χ0v) is 28.1. The highest BCUT2D eigenvalue weighted by molar-refractivity contribution is 7.90. The first-order valence-corrected chi connectivity index (χ1v) is 19.2. The van der Waals surface area contributed by atoms with Crippen molar-refractivity contribution in [3.63, 3.8) is 0 Å². The van der Waals surface area contributed by atoms with Gasteiger partial charge in [-0.05, 0) is 105 Å². The Morgan fingerprint density at radius 1 is 0.957 bits per heavy atom. The Morgan fingerprint density at radius 3 is 2.32 bits per heavy atom. The lowest BCUT2D eigenvalue weighted by atomic mass is 9.81. The minimum atomic E-state index is -3.72. The van der Waals surface area contributed by atoms with Gasteiger partial charge in [0, 0.05) is 48.2 Å². The van der Waals surface area contributed by atoms with Gasteiger partial charge in [-0.3, -0.25) is 9.59 Å². The third-order valence-corrected chi connectivity index (χ3v) is 13.7. The highest BCUT2D eigenvalue weighted by Gasteiger charge is 2.54. The summed E-state index contributed by atoms with van der Waals surface area (Å²) in [6.45, 7) is 2.17. The SMILES string of the molecule is COc1ccc(-c2c(C3CCCCC3)c3ccc(C(=O)NS(=O)(=O)C4CCC4)cc3n2CC2(C(=O)N3CC4CCC3CN4)CC2)cc1. The number of ether oxygens (including phenoxy) is 1. The predicted octanol–water partition coefficient (Wildman–Crippen LogP) is 5.72. The van der Waals surface area contributed by atoms with E-state index in [1.54, 1.807) is 13.2 Å². The van der Waals surface area contributed by atoms with Crippen molar-refractivity contribution in [1.82, 2.24) is 19.5 Å². The van der Waals surface area contributed by atoms with E-state index in [0.29, 0.717) is 36.9 Å². The number of benzene rings is 2. The Morgan fingerprint density at radius 2 is 1.72 bits per heavy atom. The Bertz CT molecular complexity index is 1790. The third-order valence-electron chi connectivity index (χ3n) is 11.8. The second kappa shape index (κ2) is 11.9. The van der Waals surface area contributed by atoms with Crippen LogP contribution in [0.1, 0.15) is 98.9 Å². The number of amides is 2. The molecule has 3 aliphatic carbocycles. The summed E-state index contributed by atoms with van der Waals surface area (Å²) in [5.74, 6) is 0.810. The maximum absolute atomic E-state index is 14.4. The molecule has 0 spiro atoms. The average Bonchev–Trinajstić information content (AvgIpc) is 3.79. The van der Waals surface area contributed by atoms with Gasteiger partial charge in [-0.15, -0.1) is 0 Å². The van der Waals surface area contributed by atoms with E-state index >= 15 is 0 Å². The number of rotatable bonds is 9. The molecule has 3 saturated heterocycles. The molecule has 9 rings (SSSR count). The van der Waals surface area contributed by atoms with Crippen molar-refractivity contribution in [2.75, 3.05) is 20.2 Å². The number of piperidine rings is 2. The molecule has 47 heavy (non-hydrogen) atoms. The minimum absolute atomic E-state index is 0.248. The normalized spacial score (nSPS) is 24.2. The molecule has 0 radical (unpaired) electrons. The first kappa shape index (κ1) is 30.9. The summed E-state index contributed by atoms with van der Waals surface area (Å²) in [7, 11) is -2.06. The molecule has 9 nitrogen and oxygen atoms in total. The molecule has 2 amide bonds. The van der Waals surface area contributed by atoms with Crippen molar-refractivity contribution in [2.24, 2.45) is 5.41 Å². The highest BCUT2D eigenvalue weighted by Crippen LogP contribution is 2.53. The van der Waals surface area contributed by atoms with Crippen LogP contribution in [-0.2, 0) is 21.4 Å². The van der Waals surface area contributed by atoms with Gasteiger partial charge in [0.2, 0.25) is 15.9 Å². The number of carbonyl (C=O) groups is 2. The predicted molar refractivity (Wildman–Crippen MR) is 182 cm³/mol. The van der Waals surface area contributed by atoms with Gasteiger partial charge >= 0.3 is 0 Å². The summed E-state index contributed by atoms with van der Waals surface area (Å²) in [6.07, 6.45) is 11.7. The van der Waals surface area contributed by atoms with Crippen LogP contribution < -0.4 is 14.8 Å². The molecule has 250 valence electrons. The van der Waals surface area contributed by atoms with E-state index in [1.807, 2.05) is 24.3 Å². The van der Waals surface area contributed by atoms with Gasteiger partial charge in [0.05, 0.1) is 23.5 Å². The molecule has 2 unspecified atom stereocenters. The Balaban J connectivity index is 1.25. The number of nitrogens with one attached hydrogen (secondary N) is 2. The van der Waals surface area contributed by atoms with Crippen LogP contribution in [0.5, 0.6) is 5.75 Å². The molecular weight excluding hydrogens is 612 g/mol. The Kier molecular flexibility index (Phi) is 7.86. The van der Waals surface area contributed by atoms with E-state index < -0.39 is 26.6 Å². The van der Waals surface area contributed by atoms with E-state index in [2.05, 4.69) is 31.6 Å². The Hall–Kier alpha value is -3.37. The topological polar surface area (TPSA) is 110 Å². The molecule has 10 heteroatoms. The van der Waals surface area contributed by atoms with Crippen LogP contribution in [-0.4, -0.2) is 67.2 Å². The molecule has 2 N–H and O–H groups in total. The number of aromatic nitrogens is 1. The molecule has 3 saturated carbocycles. The summed E-state index contributed by atoms with van der Waals surface area (Å²) in [5, 5.41) is 4.17. The van der Waals surface area contributed by atoms with Gasteiger partial charge in [-0.2, -0.15) is 0 Å². The fraction of sp³-hybridized carbons (Fsp3) is 0.568. The van der Waals surface area contributed by atoms with E-state index in [4.69, 9.17) is 4.74 Å². The number of piperazine rings is 1. The third kappa shape index (κ3) is 5.55. The zero-order chi connectivity index (χ0) is 32.3. The molecule has 4 heterocycles. The number of nitrogens with zero attached hydrogens (tertiary/aromatic N) is 2. The van der Waals surface area contributed by atoms with Crippen molar-refractivity contribution in [3.05, 3.63) is 53.6 Å². The number of methoxy groups -OCH3 is 1. The lowest BCUT2D eigenvalue weighted by Crippen LogP contribution is -2.63. The second-order valence-corrected chi connectivity index (χ2v) is 16.7. The lowest BCUT2D eigenvalue weighted by Gasteiger charge is -2.47. The Labute approximate surface area is 277 Å². The van der Waals surface area contributed by atoms with E-state index in [1.165, 1.54) is 24.8 Å². The van der Waals surface area contributed by atoms with E-state index in [-0.39, 0.29) is 11.9 Å². The summed E-state index contributed by atoms with van der Waals surface area (Å²) in [4.78, 5) is 30.1. The summed E-state index contributed by atoms with van der Waals surface area (Å²) in [5.41, 5.74) is 4.18. The van der Waals surface area contributed by atoms with Gasteiger partial charge in [0.1, 0.15) is 5.75 Å². The van der Waals surface area contributed by atoms with Crippen LogP contribution in [0.15, 0.2) is 42.5 Å². The average molecular weight is 659 g/mol. The van der Waals surface area contributed by atoms with Crippen molar-refractivity contribution in [1.29, 1.82) is 0 Å². The van der Waals surface area contributed by atoms with Gasteiger partial charge in [0.15, 0.2) is 0 Å². The molecule has 2 atom stereocenters. The number of sulfonamides is 1. The van der Waals surface area contributed by atoms with Crippen molar-refractivity contribution in [2.45, 2.75) is 107 Å². The number of hydrogen-bond donors (Lipinski definition) is 2. The number of hydrogen-bond acceptors (Lipinski definition) is 6. The number of fused-ring (bicyclic) bond motifs is 4. The fourth-order valence-corrected chi connectivity index (χ4v) is 10.2. The van der Waals surface area contributed by atoms with Gasteiger partial charge < -0.3 is 19.5 Å². The van der Waals surface area contributed by atoms with E-state index in [0.717, 1.165) is 85.9 Å². The lowest BCUT2D eigenvalue weighted by molar-refractivity contribution is -0.143. The van der Waals surface area contributed by atoms with Crippen LogP contribution in [0.3, 0.4) is 0 Å². The quantitative estimate of drug-likeness (QED) is 0.305. The molecule has 6 aliphatic rings. The van der Waals surface area contributed by atoms with E-state index in [9.17, 15) is 18.0 Å². The molecule has 2 aromatic carbocycles. The maximum Gasteiger partial charge on any atom is 0.264 e. The second-order valence-electron chi connectivity index (χ2n) is 14.7. The molecule has 2 bridgehead atoms. The van der Waals surface area contributed by atoms with Crippen molar-refractivity contribution in [3.8, 4) is 17.0 Å². The van der Waals surface area contributed by atoms with Crippen molar-refractivity contribution < 1.29 is 22.7 Å². The summed E-state index contributed by atoms with van der Waals surface area (Å²) >= 11 is 0. The highest BCUT2D eigenvalue weighted by atomic mass is 32.2. The maximum atomic E-state index is 14.4. The van der Waals surface area contributed by atoms with Crippen LogP contribution in [0.25, 0.3) is 22.2 Å². The molecular formula is C37H46N4O5S.